The maximum absolute atomic E-state index is 11.0. The molecule has 6 heteroatoms. The summed E-state index contributed by atoms with van der Waals surface area (Å²) < 4.78 is 11.0. The van der Waals surface area contributed by atoms with Gasteiger partial charge in [0, 0.05) is 28.9 Å². The molecule has 0 spiro atoms. The first-order valence-electron chi connectivity index (χ1n) is 6.35. The van der Waals surface area contributed by atoms with E-state index in [9.17, 15) is 4.21 Å². The van der Waals surface area contributed by atoms with E-state index in [0.717, 1.165) is 30.7 Å². The van der Waals surface area contributed by atoms with Gasteiger partial charge in [0.2, 0.25) is 5.95 Å². The Balaban J connectivity index is 2.64. The van der Waals surface area contributed by atoms with Crippen LogP contribution in [0.5, 0.6) is 0 Å². The summed E-state index contributed by atoms with van der Waals surface area (Å²) in [6.07, 6.45) is 4.27. The highest BCUT2D eigenvalue weighted by Crippen LogP contribution is 2.08. The second-order valence-corrected chi connectivity index (χ2v) is 5.90. The number of anilines is 1. The van der Waals surface area contributed by atoms with Gasteiger partial charge in [-0.2, -0.15) is 5.10 Å². The average Bonchev–Trinajstić information content (AvgIpc) is 2.36. The summed E-state index contributed by atoms with van der Waals surface area (Å²) in [6.45, 7) is 6.16. The van der Waals surface area contributed by atoms with Crippen LogP contribution in [0.1, 0.15) is 38.6 Å². The third-order valence-electron chi connectivity index (χ3n) is 2.72. The maximum atomic E-state index is 11.0. The number of rotatable bonds is 7. The summed E-state index contributed by atoms with van der Waals surface area (Å²) in [5.74, 6) is 1.26. The molecule has 1 rings (SSSR count). The van der Waals surface area contributed by atoms with Gasteiger partial charge in [0.1, 0.15) is 0 Å². The molecule has 5 nitrogen and oxygen atoms in total. The zero-order chi connectivity index (χ0) is 13.5. The Labute approximate surface area is 111 Å². The van der Waals surface area contributed by atoms with E-state index >= 15 is 0 Å². The third-order valence-corrected chi connectivity index (χ3v) is 3.53. The van der Waals surface area contributed by atoms with Crippen LogP contribution < -0.4 is 5.32 Å². The summed E-state index contributed by atoms with van der Waals surface area (Å²) in [7, 11) is -0.752. The van der Waals surface area contributed by atoms with Crippen molar-refractivity contribution in [2.75, 3.05) is 17.3 Å². The maximum Gasteiger partial charge on any atom is 0.243 e. The van der Waals surface area contributed by atoms with Gasteiger partial charge in [-0.3, -0.25) is 4.21 Å². The van der Waals surface area contributed by atoms with E-state index in [1.165, 1.54) is 0 Å². The lowest BCUT2D eigenvalue weighted by Gasteiger charge is -2.13. The van der Waals surface area contributed by atoms with Crippen LogP contribution in [0.2, 0.25) is 0 Å². The lowest BCUT2D eigenvalue weighted by Crippen LogP contribution is -2.20. The summed E-state index contributed by atoms with van der Waals surface area (Å²) in [5, 5.41) is 11.5. The Morgan fingerprint density at radius 1 is 1.22 bits per heavy atom. The van der Waals surface area contributed by atoms with Gasteiger partial charge in [-0.15, -0.1) is 5.10 Å². The minimum Gasteiger partial charge on any atom is -0.350 e. The predicted octanol–water partition coefficient (Wildman–Crippen LogP) is 1.57. The lowest BCUT2D eigenvalue weighted by molar-refractivity contribution is 0.676. The first-order valence-corrected chi connectivity index (χ1v) is 8.08. The van der Waals surface area contributed by atoms with Gasteiger partial charge in [-0.25, -0.2) is 4.98 Å². The molecule has 2 atom stereocenters. The fourth-order valence-electron chi connectivity index (χ4n) is 1.63. The molecular weight excluding hydrogens is 248 g/mol. The molecule has 0 fully saturated rings. The van der Waals surface area contributed by atoms with Crippen LogP contribution in [0.15, 0.2) is 0 Å². The lowest BCUT2D eigenvalue weighted by atomic mass is 10.2. The van der Waals surface area contributed by atoms with Crippen molar-refractivity contribution in [1.82, 2.24) is 15.2 Å². The molecule has 0 radical (unpaired) electrons. The highest BCUT2D eigenvalue weighted by molar-refractivity contribution is 7.84. The van der Waals surface area contributed by atoms with Gasteiger partial charge in [-0.1, -0.05) is 13.8 Å². The zero-order valence-corrected chi connectivity index (χ0v) is 12.4. The van der Waals surface area contributed by atoms with Gasteiger partial charge in [0.25, 0.3) is 0 Å². The Morgan fingerprint density at radius 2 is 1.89 bits per heavy atom. The fourth-order valence-corrected chi connectivity index (χ4v) is 2.32. The summed E-state index contributed by atoms with van der Waals surface area (Å²) >= 11 is 0. The van der Waals surface area contributed by atoms with Crippen molar-refractivity contribution in [2.24, 2.45) is 0 Å². The van der Waals surface area contributed by atoms with Crippen molar-refractivity contribution in [3.05, 3.63) is 11.4 Å². The molecule has 1 heterocycles. The van der Waals surface area contributed by atoms with E-state index < -0.39 is 10.8 Å². The Bertz CT molecular complexity index is 411. The van der Waals surface area contributed by atoms with E-state index in [2.05, 4.69) is 34.3 Å². The molecule has 1 N–H and O–H groups in total. The van der Waals surface area contributed by atoms with Gasteiger partial charge < -0.3 is 5.32 Å². The average molecular weight is 270 g/mol. The van der Waals surface area contributed by atoms with Gasteiger partial charge in [-0.05, 0) is 26.2 Å². The van der Waals surface area contributed by atoms with Crippen molar-refractivity contribution >= 4 is 16.7 Å². The molecule has 2 unspecified atom stereocenters. The van der Waals surface area contributed by atoms with Crippen molar-refractivity contribution < 1.29 is 4.21 Å². The highest BCUT2D eigenvalue weighted by atomic mass is 32.2. The first-order chi connectivity index (χ1) is 8.56. The monoisotopic (exact) mass is 270 g/mol. The molecule has 18 heavy (non-hydrogen) atoms. The molecule has 0 aliphatic rings. The molecule has 1 aromatic rings. The minimum atomic E-state index is -0.752. The number of nitrogens with one attached hydrogen (secondary N) is 1. The van der Waals surface area contributed by atoms with Crippen molar-refractivity contribution in [1.29, 1.82) is 0 Å². The van der Waals surface area contributed by atoms with Crippen LogP contribution >= 0.6 is 0 Å². The normalized spacial score (nSPS) is 14.2. The van der Waals surface area contributed by atoms with Gasteiger partial charge in [0.15, 0.2) is 0 Å². The van der Waals surface area contributed by atoms with Crippen LogP contribution in [0.4, 0.5) is 5.95 Å². The number of aryl methyl sites for hydroxylation is 2. The second-order valence-electron chi connectivity index (χ2n) is 4.35. The van der Waals surface area contributed by atoms with E-state index in [-0.39, 0.29) is 6.04 Å². The Morgan fingerprint density at radius 3 is 2.44 bits per heavy atom. The molecule has 0 aliphatic carbocycles. The topological polar surface area (TPSA) is 67.8 Å². The zero-order valence-electron chi connectivity index (χ0n) is 11.6. The van der Waals surface area contributed by atoms with E-state index in [1.807, 2.05) is 6.92 Å². The summed E-state index contributed by atoms with van der Waals surface area (Å²) in [5.41, 5.74) is 1.96. The number of hydrogen-bond donors (Lipinski definition) is 1. The summed E-state index contributed by atoms with van der Waals surface area (Å²) in [4.78, 5) is 4.47. The second kappa shape index (κ2) is 7.41. The standard InChI is InChI=1S/C12H22N4OS/c1-5-10-11(6-2)15-16-12(14-10)13-9(3)7-8-18(4)17/h9H,5-8H2,1-4H3,(H,13,14,16). The molecule has 0 aromatic carbocycles. The van der Waals surface area contributed by atoms with Gasteiger partial charge >= 0.3 is 0 Å². The van der Waals surface area contributed by atoms with Gasteiger partial charge in [0.05, 0.1) is 11.4 Å². The largest absolute Gasteiger partial charge is 0.350 e. The SMILES string of the molecule is CCc1nnc(NC(C)CCS(C)=O)nc1CC. The van der Waals surface area contributed by atoms with Crippen molar-refractivity contribution in [3.8, 4) is 0 Å². The molecule has 0 amide bonds. The van der Waals surface area contributed by atoms with E-state index in [1.54, 1.807) is 6.26 Å². The van der Waals surface area contributed by atoms with Crippen LogP contribution in [-0.4, -0.2) is 37.4 Å². The molecule has 0 saturated heterocycles. The Hall–Kier alpha value is -1.04. The first kappa shape index (κ1) is 15.0. The number of hydrogen-bond acceptors (Lipinski definition) is 5. The molecule has 0 saturated carbocycles. The minimum absolute atomic E-state index is 0.202. The van der Waals surface area contributed by atoms with Crippen molar-refractivity contribution in [2.45, 2.75) is 46.1 Å². The van der Waals surface area contributed by atoms with Crippen LogP contribution in [-0.2, 0) is 23.6 Å². The highest BCUT2D eigenvalue weighted by Gasteiger charge is 2.09. The van der Waals surface area contributed by atoms with Crippen LogP contribution in [0.25, 0.3) is 0 Å². The Kier molecular flexibility index (Phi) is 6.18. The van der Waals surface area contributed by atoms with Crippen LogP contribution in [0, 0.1) is 0 Å². The van der Waals surface area contributed by atoms with Crippen molar-refractivity contribution in [3.63, 3.8) is 0 Å². The predicted molar refractivity (Wildman–Crippen MR) is 75.2 cm³/mol. The third kappa shape index (κ3) is 4.68. The molecule has 1 aromatic heterocycles. The number of nitrogens with zero attached hydrogens (tertiary/aromatic N) is 3. The van der Waals surface area contributed by atoms with E-state index in [0.29, 0.717) is 11.7 Å². The van der Waals surface area contributed by atoms with Crippen LogP contribution in [0.3, 0.4) is 0 Å². The van der Waals surface area contributed by atoms with E-state index in [4.69, 9.17) is 0 Å². The molecule has 102 valence electrons. The molecule has 0 bridgehead atoms. The molecule has 0 aliphatic heterocycles. The number of aromatic nitrogens is 3. The quantitative estimate of drug-likeness (QED) is 0.814. The fraction of sp³-hybridized carbons (Fsp3) is 0.750. The molecular formula is C12H22N4OS. The summed E-state index contributed by atoms with van der Waals surface area (Å²) in [6, 6.07) is 0.202. The smallest absolute Gasteiger partial charge is 0.243 e.